The summed E-state index contributed by atoms with van der Waals surface area (Å²) in [6.07, 6.45) is 10.8. The van der Waals surface area contributed by atoms with Gasteiger partial charge < -0.3 is 11.1 Å². The second-order valence-corrected chi connectivity index (χ2v) is 6.70. The van der Waals surface area contributed by atoms with Gasteiger partial charge in [-0.15, -0.1) is 0 Å². The zero-order chi connectivity index (χ0) is 12.3. The molecule has 3 nitrogen and oxygen atoms in total. The molecule has 0 radical (unpaired) electrons. The Morgan fingerprint density at radius 1 is 1.29 bits per heavy atom. The first-order chi connectivity index (χ1) is 8.14. The third-order valence-corrected chi connectivity index (χ3v) is 5.35. The molecule has 0 bridgehead atoms. The maximum atomic E-state index is 12.2. The minimum absolute atomic E-state index is 0.101. The zero-order valence-corrected chi connectivity index (χ0v) is 11.5. The van der Waals surface area contributed by atoms with Crippen molar-refractivity contribution in [2.45, 2.75) is 68.2 Å². The molecule has 17 heavy (non-hydrogen) atoms. The maximum Gasteiger partial charge on any atom is 0.240 e. The maximum absolute atomic E-state index is 12.2. The van der Waals surface area contributed by atoms with E-state index in [1.807, 2.05) is 11.8 Å². The molecule has 0 aromatic carbocycles. The van der Waals surface area contributed by atoms with Gasteiger partial charge in [0.15, 0.2) is 0 Å². The van der Waals surface area contributed by atoms with E-state index in [0.29, 0.717) is 6.04 Å². The fourth-order valence-electron chi connectivity index (χ4n) is 3.02. The molecule has 3 N–H and O–H groups in total. The zero-order valence-electron chi connectivity index (χ0n) is 10.7. The van der Waals surface area contributed by atoms with E-state index in [1.54, 1.807) is 0 Å². The lowest BCUT2D eigenvalue weighted by Crippen LogP contribution is -2.56. The van der Waals surface area contributed by atoms with Gasteiger partial charge in [-0.05, 0) is 38.4 Å². The van der Waals surface area contributed by atoms with Crippen LogP contribution in [-0.2, 0) is 4.79 Å². The molecule has 98 valence electrons. The number of hydrogen-bond donors (Lipinski definition) is 2. The fourth-order valence-corrected chi connectivity index (χ4v) is 3.82. The number of nitrogens with one attached hydrogen (secondary N) is 1. The lowest BCUT2D eigenvalue weighted by molar-refractivity contribution is -0.128. The van der Waals surface area contributed by atoms with Gasteiger partial charge in [0.05, 0.1) is 5.54 Å². The molecule has 2 aliphatic carbocycles. The normalized spacial score (nSPS) is 32.4. The van der Waals surface area contributed by atoms with Crippen LogP contribution in [0.2, 0.25) is 0 Å². The number of rotatable bonds is 3. The molecule has 2 rings (SSSR count). The van der Waals surface area contributed by atoms with Gasteiger partial charge >= 0.3 is 0 Å². The monoisotopic (exact) mass is 256 g/mol. The second-order valence-electron chi connectivity index (χ2n) is 5.56. The average molecular weight is 256 g/mol. The molecule has 2 atom stereocenters. The molecule has 0 aliphatic heterocycles. The molecule has 0 spiro atoms. The Morgan fingerprint density at radius 2 is 2.00 bits per heavy atom. The second kappa shape index (κ2) is 5.61. The lowest BCUT2D eigenvalue weighted by atomic mass is 9.81. The van der Waals surface area contributed by atoms with E-state index in [1.165, 1.54) is 12.8 Å². The van der Waals surface area contributed by atoms with Crippen LogP contribution in [0, 0.1) is 0 Å². The van der Waals surface area contributed by atoms with E-state index >= 15 is 0 Å². The van der Waals surface area contributed by atoms with Crippen LogP contribution in [-0.4, -0.2) is 29.0 Å². The number of carbonyl (C=O) groups excluding carboxylic acids is 1. The van der Waals surface area contributed by atoms with Gasteiger partial charge in [0.1, 0.15) is 0 Å². The highest BCUT2D eigenvalue weighted by Gasteiger charge is 2.37. The number of carbonyl (C=O) groups is 1. The molecule has 2 aliphatic rings. The summed E-state index contributed by atoms with van der Waals surface area (Å²) in [6.45, 7) is 0. The summed E-state index contributed by atoms with van der Waals surface area (Å²) in [4.78, 5) is 12.2. The minimum Gasteiger partial charge on any atom is -0.352 e. The highest BCUT2D eigenvalue weighted by atomic mass is 32.2. The van der Waals surface area contributed by atoms with E-state index in [2.05, 4.69) is 11.6 Å². The first-order valence-electron chi connectivity index (χ1n) is 6.77. The van der Waals surface area contributed by atoms with Crippen molar-refractivity contribution in [1.82, 2.24) is 5.32 Å². The molecular weight excluding hydrogens is 232 g/mol. The molecule has 2 unspecified atom stereocenters. The van der Waals surface area contributed by atoms with Crippen LogP contribution in [0.3, 0.4) is 0 Å². The van der Waals surface area contributed by atoms with E-state index in [4.69, 9.17) is 5.73 Å². The van der Waals surface area contributed by atoms with Crippen LogP contribution >= 0.6 is 11.8 Å². The van der Waals surface area contributed by atoms with Crippen molar-refractivity contribution in [3.05, 3.63) is 0 Å². The molecule has 0 aromatic rings. The first-order valence-corrected chi connectivity index (χ1v) is 8.05. The summed E-state index contributed by atoms with van der Waals surface area (Å²) in [6, 6.07) is 0.363. The van der Waals surface area contributed by atoms with Crippen LogP contribution < -0.4 is 11.1 Å². The predicted octanol–water partition coefficient (Wildman–Crippen LogP) is 2.05. The van der Waals surface area contributed by atoms with Crippen molar-refractivity contribution < 1.29 is 4.79 Å². The highest BCUT2D eigenvalue weighted by molar-refractivity contribution is 7.99. The third kappa shape index (κ3) is 3.16. The first kappa shape index (κ1) is 13.2. The average Bonchev–Trinajstić information content (AvgIpc) is 2.78. The van der Waals surface area contributed by atoms with Crippen molar-refractivity contribution in [2.24, 2.45) is 5.73 Å². The van der Waals surface area contributed by atoms with Gasteiger partial charge in [0.2, 0.25) is 5.91 Å². The molecule has 2 saturated carbocycles. The SMILES string of the molecule is CSC1CCC(NC(=O)C2(N)CCCCC2)C1. The van der Waals surface area contributed by atoms with Crippen LogP contribution in [0.5, 0.6) is 0 Å². The topological polar surface area (TPSA) is 55.1 Å². The Kier molecular flexibility index (Phi) is 4.36. The van der Waals surface area contributed by atoms with Crippen LogP contribution in [0.25, 0.3) is 0 Å². The summed E-state index contributed by atoms with van der Waals surface area (Å²) in [5.41, 5.74) is 5.66. The molecule has 0 saturated heterocycles. The highest BCUT2D eigenvalue weighted by Crippen LogP contribution is 2.30. The molecule has 4 heteroatoms. The predicted molar refractivity (Wildman–Crippen MR) is 73.1 cm³/mol. The largest absolute Gasteiger partial charge is 0.352 e. The molecule has 0 aromatic heterocycles. The molecular formula is C13H24N2OS. The van der Waals surface area contributed by atoms with Gasteiger partial charge in [-0.2, -0.15) is 11.8 Å². The Hall–Kier alpha value is -0.220. The minimum atomic E-state index is -0.574. The van der Waals surface area contributed by atoms with Crippen molar-refractivity contribution in [3.63, 3.8) is 0 Å². The molecule has 0 heterocycles. The van der Waals surface area contributed by atoms with Crippen molar-refractivity contribution in [2.75, 3.05) is 6.26 Å². The smallest absolute Gasteiger partial charge is 0.240 e. The Bertz CT molecular complexity index is 277. The number of nitrogens with two attached hydrogens (primary N) is 1. The molecule has 2 fully saturated rings. The van der Waals surface area contributed by atoms with Crippen LogP contribution in [0.1, 0.15) is 51.4 Å². The fraction of sp³-hybridized carbons (Fsp3) is 0.923. The third-order valence-electron chi connectivity index (χ3n) is 4.25. The van der Waals surface area contributed by atoms with Gasteiger partial charge in [-0.3, -0.25) is 4.79 Å². The van der Waals surface area contributed by atoms with Gasteiger partial charge in [-0.1, -0.05) is 19.3 Å². The lowest BCUT2D eigenvalue weighted by Gasteiger charge is -2.33. The standard InChI is InChI=1S/C13H24N2OS/c1-17-11-6-5-10(9-11)15-12(16)13(14)7-3-2-4-8-13/h10-11H,2-9,14H2,1H3,(H,15,16). The van der Waals surface area contributed by atoms with E-state index < -0.39 is 5.54 Å². The van der Waals surface area contributed by atoms with Crippen molar-refractivity contribution >= 4 is 17.7 Å². The summed E-state index contributed by atoms with van der Waals surface area (Å²) >= 11 is 1.92. The number of amides is 1. The van der Waals surface area contributed by atoms with Crippen molar-refractivity contribution in [3.8, 4) is 0 Å². The van der Waals surface area contributed by atoms with Crippen LogP contribution in [0.4, 0.5) is 0 Å². The van der Waals surface area contributed by atoms with Crippen molar-refractivity contribution in [1.29, 1.82) is 0 Å². The van der Waals surface area contributed by atoms with E-state index in [0.717, 1.165) is 43.8 Å². The Balaban J connectivity index is 1.84. The van der Waals surface area contributed by atoms with Gasteiger partial charge in [0, 0.05) is 11.3 Å². The summed E-state index contributed by atoms with van der Waals surface area (Å²) in [7, 11) is 0. The summed E-state index contributed by atoms with van der Waals surface area (Å²) in [5, 5.41) is 3.90. The van der Waals surface area contributed by atoms with Gasteiger partial charge in [0.25, 0.3) is 0 Å². The van der Waals surface area contributed by atoms with E-state index in [9.17, 15) is 4.79 Å². The van der Waals surface area contributed by atoms with E-state index in [-0.39, 0.29) is 5.91 Å². The Labute approximate surface area is 108 Å². The summed E-state index contributed by atoms with van der Waals surface area (Å²) in [5.74, 6) is 0.101. The Morgan fingerprint density at radius 3 is 2.59 bits per heavy atom. The van der Waals surface area contributed by atoms with Crippen LogP contribution in [0.15, 0.2) is 0 Å². The van der Waals surface area contributed by atoms with Gasteiger partial charge in [-0.25, -0.2) is 0 Å². The number of thioether (sulfide) groups is 1. The quantitative estimate of drug-likeness (QED) is 0.812. The molecule has 1 amide bonds. The number of hydrogen-bond acceptors (Lipinski definition) is 3. The summed E-state index contributed by atoms with van der Waals surface area (Å²) < 4.78 is 0.